The van der Waals surface area contributed by atoms with Crippen LogP contribution in [0, 0.1) is 5.92 Å². The number of rotatable bonds is 5. The number of benzene rings is 1. The number of allylic oxidation sites excluding steroid dienone is 2. The molecule has 22 heavy (non-hydrogen) atoms. The minimum atomic E-state index is -0.502. The Morgan fingerprint density at radius 2 is 1.68 bits per heavy atom. The summed E-state index contributed by atoms with van der Waals surface area (Å²) in [5.74, 6) is -0.796. The van der Waals surface area contributed by atoms with Crippen LogP contribution in [0.15, 0.2) is 35.6 Å². The number of fused-ring (bicyclic) bond motifs is 1. The molecule has 4 nitrogen and oxygen atoms in total. The molecule has 1 aromatic rings. The molecule has 0 radical (unpaired) electrons. The van der Waals surface area contributed by atoms with E-state index in [1.165, 1.54) is 0 Å². The van der Waals surface area contributed by atoms with Gasteiger partial charge in [0.2, 0.25) is 5.78 Å². The predicted molar refractivity (Wildman–Crippen MR) is 82.6 cm³/mol. The molecule has 0 aliphatic heterocycles. The number of hydrogen-bond acceptors (Lipinski definition) is 4. The van der Waals surface area contributed by atoms with Gasteiger partial charge in [0.1, 0.15) is 0 Å². The van der Waals surface area contributed by atoms with Crippen LogP contribution in [0.25, 0.3) is 0 Å². The summed E-state index contributed by atoms with van der Waals surface area (Å²) in [5.41, 5.74) is 1.02. The van der Waals surface area contributed by atoms with Gasteiger partial charge in [0.25, 0.3) is 0 Å². The van der Waals surface area contributed by atoms with Crippen molar-refractivity contribution in [2.75, 3.05) is 0 Å². The second kappa shape index (κ2) is 6.69. The fraction of sp³-hybridized carbons (Fsp3) is 0.389. The second-order valence-corrected chi connectivity index (χ2v) is 5.77. The van der Waals surface area contributed by atoms with Gasteiger partial charge in [-0.15, -0.1) is 0 Å². The Bertz CT molecular complexity index is 653. The van der Waals surface area contributed by atoms with Crippen molar-refractivity contribution in [3.8, 4) is 0 Å². The van der Waals surface area contributed by atoms with Crippen LogP contribution in [-0.2, 0) is 9.53 Å². The quantitative estimate of drug-likeness (QED) is 0.778. The Kier molecular flexibility index (Phi) is 4.91. The van der Waals surface area contributed by atoms with Gasteiger partial charge in [-0.1, -0.05) is 45.0 Å². The van der Waals surface area contributed by atoms with Crippen LogP contribution in [0.4, 0.5) is 0 Å². The molecule has 0 bridgehead atoms. The first kappa shape index (κ1) is 16.1. The first-order valence-corrected chi connectivity index (χ1v) is 7.58. The lowest BCUT2D eigenvalue weighted by atomic mass is 9.85. The summed E-state index contributed by atoms with van der Waals surface area (Å²) in [7, 11) is 0. The molecule has 0 fully saturated rings. The summed E-state index contributed by atoms with van der Waals surface area (Å²) in [4.78, 5) is 36.8. The van der Waals surface area contributed by atoms with Gasteiger partial charge in [-0.2, -0.15) is 0 Å². The second-order valence-electron chi connectivity index (χ2n) is 5.77. The average Bonchev–Trinajstić information content (AvgIpc) is 2.51. The number of ether oxygens (including phenoxy) is 1. The summed E-state index contributed by atoms with van der Waals surface area (Å²) < 4.78 is 5.20. The normalized spacial score (nSPS) is 14.4. The van der Waals surface area contributed by atoms with Crippen molar-refractivity contribution in [2.24, 2.45) is 5.92 Å². The fourth-order valence-corrected chi connectivity index (χ4v) is 2.36. The first-order valence-electron chi connectivity index (χ1n) is 7.58. The van der Waals surface area contributed by atoms with E-state index in [1.807, 2.05) is 13.8 Å². The third kappa shape index (κ3) is 3.16. The number of hydrogen-bond donors (Lipinski definition) is 0. The van der Waals surface area contributed by atoms with Crippen LogP contribution in [-0.4, -0.2) is 17.5 Å². The van der Waals surface area contributed by atoms with Crippen molar-refractivity contribution < 1.29 is 19.1 Å². The van der Waals surface area contributed by atoms with Gasteiger partial charge in [0, 0.05) is 23.1 Å². The minimum Gasteiger partial charge on any atom is -0.422 e. The highest BCUT2D eigenvalue weighted by atomic mass is 16.5. The van der Waals surface area contributed by atoms with Gasteiger partial charge in [0.15, 0.2) is 11.5 Å². The van der Waals surface area contributed by atoms with Gasteiger partial charge < -0.3 is 4.74 Å². The van der Waals surface area contributed by atoms with Crippen LogP contribution < -0.4 is 0 Å². The van der Waals surface area contributed by atoms with E-state index in [0.717, 1.165) is 6.42 Å². The number of carbonyl (C=O) groups excluding carboxylic acids is 3. The van der Waals surface area contributed by atoms with Gasteiger partial charge in [-0.3, -0.25) is 14.4 Å². The number of esters is 1. The van der Waals surface area contributed by atoms with Crippen molar-refractivity contribution in [3.63, 3.8) is 0 Å². The summed E-state index contributed by atoms with van der Waals surface area (Å²) in [6.07, 6.45) is 1.34. The standard InChI is InChI=1S/C18H20O4/c1-4-15(19)22-18-14(10-9-11(2)3)16(20)12-7-5-6-8-13(12)17(18)21/h5-8,11H,4,9-10H2,1-3H3. The monoisotopic (exact) mass is 300 g/mol. The lowest BCUT2D eigenvalue weighted by Crippen LogP contribution is -2.25. The van der Waals surface area contributed by atoms with Crippen molar-refractivity contribution in [1.82, 2.24) is 0 Å². The molecule has 0 atom stereocenters. The molecule has 1 aromatic carbocycles. The number of Topliss-reactive ketones (excluding diaryl/α,β-unsaturated/α-hetero) is 2. The van der Waals surface area contributed by atoms with Crippen LogP contribution in [0.1, 0.15) is 60.7 Å². The summed E-state index contributed by atoms with van der Waals surface area (Å²) in [6, 6.07) is 6.66. The Hall–Kier alpha value is -2.23. The van der Waals surface area contributed by atoms with Gasteiger partial charge in [-0.25, -0.2) is 0 Å². The van der Waals surface area contributed by atoms with E-state index in [2.05, 4.69) is 0 Å². The highest BCUT2D eigenvalue weighted by molar-refractivity contribution is 6.26. The number of ketones is 2. The molecule has 0 spiro atoms. The van der Waals surface area contributed by atoms with Crippen LogP contribution in [0.5, 0.6) is 0 Å². The van der Waals surface area contributed by atoms with E-state index in [0.29, 0.717) is 29.0 Å². The third-order valence-corrected chi connectivity index (χ3v) is 3.65. The maximum absolute atomic E-state index is 12.7. The number of carbonyl (C=O) groups is 3. The maximum Gasteiger partial charge on any atom is 0.311 e. The van der Waals surface area contributed by atoms with Crippen molar-refractivity contribution in [3.05, 3.63) is 46.7 Å². The fourth-order valence-electron chi connectivity index (χ4n) is 2.36. The van der Waals surface area contributed by atoms with Crippen molar-refractivity contribution in [2.45, 2.75) is 40.0 Å². The Balaban J connectivity index is 2.47. The van der Waals surface area contributed by atoms with E-state index in [1.54, 1.807) is 31.2 Å². The van der Waals surface area contributed by atoms with Crippen LogP contribution in [0.3, 0.4) is 0 Å². The minimum absolute atomic E-state index is 0.0869. The smallest absolute Gasteiger partial charge is 0.311 e. The Labute approximate surface area is 130 Å². The van der Waals surface area contributed by atoms with E-state index in [9.17, 15) is 14.4 Å². The zero-order chi connectivity index (χ0) is 16.3. The van der Waals surface area contributed by atoms with Crippen molar-refractivity contribution in [1.29, 1.82) is 0 Å². The molecule has 1 aliphatic carbocycles. The summed E-state index contributed by atoms with van der Waals surface area (Å²) in [5, 5.41) is 0. The van der Waals surface area contributed by atoms with Gasteiger partial charge in [-0.05, 0) is 18.8 Å². The van der Waals surface area contributed by atoms with E-state index in [4.69, 9.17) is 4.74 Å². The van der Waals surface area contributed by atoms with Gasteiger partial charge in [0.05, 0.1) is 0 Å². The third-order valence-electron chi connectivity index (χ3n) is 3.65. The zero-order valence-electron chi connectivity index (χ0n) is 13.1. The molecule has 0 unspecified atom stereocenters. The molecule has 0 N–H and O–H groups in total. The lowest BCUT2D eigenvalue weighted by Gasteiger charge is -2.20. The van der Waals surface area contributed by atoms with Crippen molar-refractivity contribution >= 4 is 17.5 Å². The van der Waals surface area contributed by atoms with Crippen LogP contribution in [0.2, 0.25) is 0 Å². The Morgan fingerprint density at radius 1 is 1.09 bits per heavy atom. The van der Waals surface area contributed by atoms with E-state index >= 15 is 0 Å². The summed E-state index contributed by atoms with van der Waals surface area (Å²) in [6.45, 7) is 5.74. The van der Waals surface area contributed by atoms with E-state index < -0.39 is 5.97 Å². The largest absolute Gasteiger partial charge is 0.422 e. The first-order chi connectivity index (χ1) is 10.5. The average molecular weight is 300 g/mol. The predicted octanol–water partition coefficient (Wildman–Crippen LogP) is 3.71. The SMILES string of the molecule is CCC(=O)OC1=C(CCC(C)C)C(=O)c2ccccc2C1=O. The molecule has 0 saturated carbocycles. The van der Waals surface area contributed by atoms with Gasteiger partial charge >= 0.3 is 5.97 Å². The molecule has 116 valence electrons. The lowest BCUT2D eigenvalue weighted by molar-refractivity contribution is -0.138. The molecule has 0 heterocycles. The molecule has 1 aliphatic rings. The highest BCUT2D eigenvalue weighted by Crippen LogP contribution is 2.30. The molecule has 0 aromatic heterocycles. The maximum atomic E-state index is 12.7. The highest BCUT2D eigenvalue weighted by Gasteiger charge is 2.34. The zero-order valence-corrected chi connectivity index (χ0v) is 13.1. The topological polar surface area (TPSA) is 60.4 Å². The molecule has 0 amide bonds. The molecule has 4 heteroatoms. The van der Waals surface area contributed by atoms with Crippen LogP contribution >= 0.6 is 0 Å². The Morgan fingerprint density at radius 3 is 2.23 bits per heavy atom. The molecule has 2 rings (SSSR count). The summed E-state index contributed by atoms with van der Waals surface area (Å²) >= 11 is 0. The molecule has 0 saturated heterocycles. The molecular weight excluding hydrogens is 280 g/mol. The van der Waals surface area contributed by atoms with E-state index in [-0.39, 0.29) is 23.7 Å². The molecular formula is C18H20O4.